The fourth-order valence-electron chi connectivity index (χ4n) is 1.43. The lowest BCUT2D eigenvalue weighted by molar-refractivity contribution is 0.175. The van der Waals surface area contributed by atoms with Crippen molar-refractivity contribution in [3.05, 3.63) is 66.2 Å². The van der Waals surface area contributed by atoms with E-state index in [1.165, 1.54) is 0 Å². The molecule has 0 saturated heterocycles. The van der Waals surface area contributed by atoms with Gasteiger partial charge in [-0.05, 0) is 17.7 Å². The highest BCUT2D eigenvalue weighted by Gasteiger charge is 2.09. The molecular formula is C14H12N2O. The van der Waals surface area contributed by atoms with Gasteiger partial charge < -0.3 is 4.84 Å². The maximum atomic E-state index is 9.06. The Kier molecular flexibility index (Phi) is 3.74. The van der Waals surface area contributed by atoms with Crippen molar-refractivity contribution in [3.63, 3.8) is 0 Å². The Morgan fingerprint density at radius 1 is 0.941 bits per heavy atom. The first-order valence-corrected chi connectivity index (χ1v) is 5.32. The first kappa shape index (κ1) is 11.2. The van der Waals surface area contributed by atoms with Crippen LogP contribution in [-0.4, -0.2) is 0 Å². The van der Waals surface area contributed by atoms with Crippen LogP contribution in [0.1, 0.15) is 11.6 Å². The lowest BCUT2D eigenvalue weighted by atomic mass is 10.1. The molecule has 1 atom stereocenters. The molecule has 0 saturated carbocycles. The fraction of sp³-hybridized carbons (Fsp3) is 0.0714. The number of nitrogens with zero attached hydrogens (tertiary/aromatic N) is 1. The quantitative estimate of drug-likeness (QED) is 0.812. The summed E-state index contributed by atoms with van der Waals surface area (Å²) in [5, 5.41) is 9.06. The highest BCUT2D eigenvalue weighted by atomic mass is 16.6. The standard InChI is InChI=1S/C14H12N2O/c15-11-14(12-7-3-1-4-8-12)16-17-13-9-5-2-6-10-13/h1-10,14,16H. The van der Waals surface area contributed by atoms with Crippen LogP contribution in [0, 0.1) is 11.3 Å². The Morgan fingerprint density at radius 2 is 1.53 bits per heavy atom. The summed E-state index contributed by atoms with van der Waals surface area (Å²) in [6.45, 7) is 0. The zero-order valence-corrected chi connectivity index (χ0v) is 9.21. The van der Waals surface area contributed by atoms with E-state index in [0.717, 1.165) is 5.56 Å². The topological polar surface area (TPSA) is 45.0 Å². The first-order valence-electron chi connectivity index (χ1n) is 5.32. The highest BCUT2D eigenvalue weighted by Crippen LogP contribution is 2.13. The van der Waals surface area contributed by atoms with Crippen LogP contribution in [0.25, 0.3) is 0 Å². The minimum atomic E-state index is -0.476. The van der Waals surface area contributed by atoms with Crippen LogP contribution < -0.4 is 10.3 Å². The number of hydroxylamine groups is 1. The van der Waals surface area contributed by atoms with Crippen molar-refractivity contribution in [1.29, 1.82) is 5.26 Å². The summed E-state index contributed by atoms with van der Waals surface area (Å²) in [6, 6.07) is 20.5. The van der Waals surface area contributed by atoms with Crippen LogP contribution in [0.2, 0.25) is 0 Å². The molecule has 0 heterocycles. The average Bonchev–Trinajstić information content (AvgIpc) is 2.42. The number of rotatable bonds is 4. The Morgan fingerprint density at radius 3 is 2.12 bits per heavy atom. The first-order chi connectivity index (χ1) is 8.40. The number of nitrogens with one attached hydrogen (secondary N) is 1. The van der Waals surface area contributed by atoms with Gasteiger partial charge in [-0.25, -0.2) is 0 Å². The van der Waals surface area contributed by atoms with Gasteiger partial charge >= 0.3 is 0 Å². The monoisotopic (exact) mass is 224 g/mol. The molecule has 0 aliphatic carbocycles. The van der Waals surface area contributed by atoms with Gasteiger partial charge in [0, 0.05) is 0 Å². The van der Waals surface area contributed by atoms with E-state index in [0.29, 0.717) is 5.75 Å². The van der Waals surface area contributed by atoms with Gasteiger partial charge in [-0.1, -0.05) is 48.5 Å². The number of hydrogen-bond acceptors (Lipinski definition) is 3. The summed E-state index contributed by atoms with van der Waals surface area (Å²) in [7, 11) is 0. The van der Waals surface area contributed by atoms with E-state index >= 15 is 0 Å². The van der Waals surface area contributed by atoms with Crippen LogP contribution in [0.5, 0.6) is 5.75 Å². The lowest BCUT2D eigenvalue weighted by Gasteiger charge is -2.12. The molecule has 2 aromatic rings. The van der Waals surface area contributed by atoms with Crippen molar-refractivity contribution < 1.29 is 4.84 Å². The molecule has 0 bridgehead atoms. The molecular weight excluding hydrogens is 212 g/mol. The molecule has 1 unspecified atom stereocenters. The van der Waals surface area contributed by atoms with E-state index < -0.39 is 6.04 Å². The van der Waals surface area contributed by atoms with Gasteiger partial charge in [-0.3, -0.25) is 0 Å². The third kappa shape index (κ3) is 3.07. The Labute approximate surface area is 100 Å². The molecule has 17 heavy (non-hydrogen) atoms. The molecule has 0 aliphatic heterocycles. The van der Waals surface area contributed by atoms with E-state index in [2.05, 4.69) is 11.5 Å². The third-order valence-corrected chi connectivity index (χ3v) is 2.30. The Bertz CT molecular complexity index is 491. The largest absolute Gasteiger partial charge is 0.407 e. The lowest BCUT2D eigenvalue weighted by Crippen LogP contribution is -2.23. The second-order valence-electron chi connectivity index (χ2n) is 3.51. The van der Waals surface area contributed by atoms with Gasteiger partial charge in [0.25, 0.3) is 0 Å². The zero-order chi connectivity index (χ0) is 11.9. The molecule has 0 aromatic heterocycles. The highest BCUT2D eigenvalue weighted by molar-refractivity contribution is 5.24. The molecule has 0 amide bonds. The second kappa shape index (κ2) is 5.69. The van der Waals surface area contributed by atoms with E-state index in [1.54, 1.807) is 0 Å². The maximum Gasteiger partial charge on any atom is 0.154 e. The number of benzene rings is 2. The van der Waals surface area contributed by atoms with Crippen molar-refractivity contribution in [2.45, 2.75) is 6.04 Å². The summed E-state index contributed by atoms with van der Waals surface area (Å²) in [5.74, 6) is 0.684. The Balaban J connectivity index is 2.01. The third-order valence-electron chi connectivity index (χ3n) is 2.30. The number of nitriles is 1. The SMILES string of the molecule is N#CC(NOc1ccccc1)c1ccccc1. The van der Waals surface area contributed by atoms with Gasteiger partial charge in [0.15, 0.2) is 6.04 Å². The van der Waals surface area contributed by atoms with Crippen LogP contribution in [0.15, 0.2) is 60.7 Å². The summed E-state index contributed by atoms with van der Waals surface area (Å²) in [5.41, 5.74) is 3.62. The summed E-state index contributed by atoms with van der Waals surface area (Å²) in [4.78, 5) is 5.34. The van der Waals surface area contributed by atoms with Crippen LogP contribution in [-0.2, 0) is 0 Å². The van der Waals surface area contributed by atoms with Crippen LogP contribution in [0.3, 0.4) is 0 Å². The molecule has 3 nitrogen and oxygen atoms in total. The van der Waals surface area contributed by atoms with Crippen molar-refractivity contribution in [1.82, 2.24) is 5.48 Å². The smallest absolute Gasteiger partial charge is 0.154 e. The predicted molar refractivity (Wildman–Crippen MR) is 65.0 cm³/mol. The van der Waals surface area contributed by atoms with E-state index in [9.17, 15) is 0 Å². The van der Waals surface area contributed by atoms with Crippen molar-refractivity contribution >= 4 is 0 Å². The molecule has 0 spiro atoms. The van der Waals surface area contributed by atoms with Crippen molar-refractivity contribution in [2.24, 2.45) is 0 Å². The van der Waals surface area contributed by atoms with Gasteiger partial charge in [-0.2, -0.15) is 5.26 Å². The minimum Gasteiger partial charge on any atom is -0.407 e. The maximum absolute atomic E-state index is 9.06. The minimum absolute atomic E-state index is 0.476. The molecule has 2 rings (SSSR count). The van der Waals surface area contributed by atoms with Crippen molar-refractivity contribution in [3.8, 4) is 11.8 Å². The molecule has 0 fully saturated rings. The van der Waals surface area contributed by atoms with Crippen molar-refractivity contribution in [2.75, 3.05) is 0 Å². The van der Waals surface area contributed by atoms with Gasteiger partial charge in [0.2, 0.25) is 0 Å². The molecule has 84 valence electrons. The Hall–Kier alpha value is -2.31. The average molecular weight is 224 g/mol. The van der Waals surface area contributed by atoms with E-state index in [1.807, 2.05) is 60.7 Å². The van der Waals surface area contributed by atoms with E-state index in [4.69, 9.17) is 10.1 Å². The number of para-hydroxylation sites is 1. The fourth-order valence-corrected chi connectivity index (χ4v) is 1.43. The normalized spacial score (nSPS) is 11.5. The van der Waals surface area contributed by atoms with Gasteiger partial charge in [-0.15, -0.1) is 5.48 Å². The molecule has 1 N–H and O–H groups in total. The second-order valence-corrected chi connectivity index (χ2v) is 3.51. The predicted octanol–water partition coefficient (Wildman–Crippen LogP) is 2.83. The summed E-state index contributed by atoms with van der Waals surface area (Å²) >= 11 is 0. The molecule has 3 heteroatoms. The van der Waals surface area contributed by atoms with Crippen LogP contribution >= 0.6 is 0 Å². The summed E-state index contributed by atoms with van der Waals surface area (Å²) in [6.07, 6.45) is 0. The van der Waals surface area contributed by atoms with Crippen LogP contribution in [0.4, 0.5) is 0 Å². The van der Waals surface area contributed by atoms with Gasteiger partial charge in [0.05, 0.1) is 6.07 Å². The number of hydrogen-bond donors (Lipinski definition) is 1. The summed E-state index contributed by atoms with van der Waals surface area (Å²) < 4.78 is 0. The molecule has 0 aliphatic rings. The molecule has 0 radical (unpaired) electrons. The van der Waals surface area contributed by atoms with E-state index in [-0.39, 0.29) is 0 Å². The zero-order valence-electron chi connectivity index (χ0n) is 9.21. The van der Waals surface area contributed by atoms with Gasteiger partial charge in [0.1, 0.15) is 5.75 Å². The molecule has 2 aromatic carbocycles.